The molecule has 0 bridgehead atoms. The molecule has 4 nitrogen and oxygen atoms in total. The number of hydrogen-bond donors (Lipinski definition) is 1. The van der Waals surface area contributed by atoms with Crippen molar-refractivity contribution in [2.24, 2.45) is 0 Å². The zero-order chi connectivity index (χ0) is 7.98. The zero-order valence-corrected chi connectivity index (χ0v) is 8.59. The fourth-order valence-electron chi connectivity index (χ4n) is 0.383. The lowest BCUT2D eigenvalue weighted by Gasteiger charge is -2.03. The molecule has 0 aromatic rings. The first-order valence-electron chi connectivity index (χ1n) is 3.00. The van der Waals surface area contributed by atoms with Crippen LogP contribution in [0.3, 0.4) is 0 Å². The van der Waals surface area contributed by atoms with E-state index in [0.29, 0.717) is 6.61 Å². The summed E-state index contributed by atoms with van der Waals surface area (Å²) < 4.78 is 9.17. The van der Waals surface area contributed by atoms with Crippen molar-refractivity contribution in [2.75, 3.05) is 13.2 Å². The predicted molar refractivity (Wildman–Crippen MR) is 50.5 cm³/mol. The first kappa shape index (κ1) is 17.6. The fraction of sp³-hybridized carbons (Fsp3) is 0.667. The van der Waals surface area contributed by atoms with Gasteiger partial charge in [-0.25, -0.2) is 0 Å². The SMILES string of the molecule is CCOC(=N)COC(C)=O.Cl.Cl. The van der Waals surface area contributed by atoms with Crippen LogP contribution in [-0.2, 0) is 14.3 Å². The summed E-state index contributed by atoms with van der Waals surface area (Å²) in [6.07, 6.45) is 0. The van der Waals surface area contributed by atoms with Crippen LogP contribution in [0.5, 0.6) is 0 Å². The molecule has 0 atom stereocenters. The van der Waals surface area contributed by atoms with Crippen molar-refractivity contribution in [3.63, 3.8) is 0 Å². The van der Waals surface area contributed by atoms with E-state index in [1.165, 1.54) is 6.92 Å². The molecule has 0 aliphatic rings. The Labute approximate surface area is 83.9 Å². The maximum absolute atomic E-state index is 10.2. The van der Waals surface area contributed by atoms with Crippen LogP contribution in [-0.4, -0.2) is 25.1 Å². The minimum Gasteiger partial charge on any atom is -0.479 e. The van der Waals surface area contributed by atoms with Crippen LogP contribution >= 0.6 is 24.8 Å². The molecule has 0 saturated carbocycles. The van der Waals surface area contributed by atoms with E-state index < -0.39 is 5.97 Å². The van der Waals surface area contributed by atoms with Crippen LogP contribution in [0, 0.1) is 5.41 Å². The molecule has 0 rings (SSSR count). The van der Waals surface area contributed by atoms with Gasteiger partial charge in [-0.15, -0.1) is 24.8 Å². The second-order valence-electron chi connectivity index (χ2n) is 1.64. The van der Waals surface area contributed by atoms with Gasteiger partial charge in [-0.1, -0.05) is 0 Å². The summed E-state index contributed by atoms with van der Waals surface area (Å²) in [6, 6.07) is 0. The first-order valence-corrected chi connectivity index (χ1v) is 3.00. The van der Waals surface area contributed by atoms with Crippen LogP contribution in [0.4, 0.5) is 0 Å². The van der Waals surface area contributed by atoms with Gasteiger partial charge >= 0.3 is 5.97 Å². The maximum Gasteiger partial charge on any atom is 0.303 e. The van der Waals surface area contributed by atoms with E-state index in [4.69, 9.17) is 10.1 Å². The first-order chi connectivity index (χ1) is 4.66. The average Bonchev–Trinajstić information content (AvgIpc) is 1.85. The third-order valence-electron chi connectivity index (χ3n) is 0.725. The van der Waals surface area contributed by atoms with Crippen molar-refractivity contribution in [1.29, 1.82) is 5.41 Å². The van der Waals surface area contributed by atoms with Gasteiger partial charge in [-0.05, 0) is 6.92 Å². The van der Waals surface area contributed by atoms with Gasteiger partial charge in [0.1, 0.15) is 0 Å². The highest BCUT2D eigenvalue weighted by Gasteiger charge is 1.97. The van der Waals surface area contributed by atoms with Crippen LogP contribution in [0.25, 0.3) is 0 Å². The van der Waals surface area contributed by atoms with E-state index in [0.717, 1.165) is 0 Å². The van der Waals surface area contributed by atoms with Gasteiger partial charge in [-0.2, -0.15) is 0 Å². The predicted octanol–water partition coefficient (Wildman–Crippen LogP) is 1.41. The van der Waals surface area contributed by atoms with Crippen LogP contribution in [0.1, 0.15) is 13.8 Å². The molecule has 0 amide bonds. The lowest BCUT2D eigenvalue weighted by atomic mass is 10.7. The number of nitrogens with one attached hydrogen (secondary N) is 1. The smallest absolute Gasteiger partial charge is 0.303 e. The molecule has 0 unspecified atom stereocenters. The third kappa shape index (κ3) is 12.2. The van der Waals surface area contributed by atoms with Gasteiger partial charge in [-0.3, -0.25) is 10.2 Å². The van der Waals surface area contributed by atoms with Gasteiger partial charge in [0.15, 0.2) is 6.61 Å². The molecule has 0 radical (unpaired) electrons. The summed E-state index contributed by atoms with van der Waals surface area (Å²) in [7, 11) is 0. The summed E-state index contributed by atoms with van der Waals surface area (Å²) in [4.78, 5) is 10.2. The van der Waals surface area contributed by atoms with E-state index >= 15 is 0 Å². The van der Waals surface area contributed by atoms with Crippen molar-refractivity contribution < 1.29 is 14.3 Å². The minimum absolute atomic E-state index is 0. The Bertz CT molecular complexity index is 141. The van der Waals surface area contributed by atoms with Gasteiger partial charge in [0.2, 0.25) is 5.90 Å². The van der Waals surface area contributed by atoms with Crippen LogP contribution in [0.15, 0.2) is 0 Å². The number of rotatable bonds is 3. The molecular formula is C6H13Cl2NO3. The summed E-state index contributed by atoms with van der Waals surface area (Å²) in [5, 5.41) is 6.98. The highest BCUT2D eigenvalue weighted by Crippen LogP contribution is 1.81. The van der Waals surface area contributed by atoms with Crippen LogP contribution < -0.4 is 0 Å². The average molecular weight is 218 g/mol. The number of esters is 1. The monoisotopic (exact) mass is 217 g/mol. The largest absolute Gasteiger partial charge is 0.479 e. The number of carbonyl (C=O) groups is 1. The standard InChI is InChI=1S/C6H11NO3.2ClH/c1-3-9-6(7)4-10-5(2)8;;/h7H,3-4H2,1-2H3;2*1H. The highest BCUT2D eigenvalue weighted by atomic mass is 35.5. The van der Waals surface area contributed by atoms with Crippen molar-refractivity contribution in [2.45, 2.75) is 13.8 Å². The van der Waals surface area contributed by atoms with Gasteiger partial charge in [0.05, 0.1) is 6.61 Å². The van der Waals surface area contributed by atoms with Gasteiger partial charge in [0, 0.05) is 6.92 Å². The molecule has 0 fully saturated rings. The molecule has 1 N–H and O–H groups in total. The Morgan fingerprint density at radius 2 is 1.83 bits per heavy atom. The molecule has 0 aliphatic heterocycles. The number of halogens is 2. The number of ether oxygens (including phenoxy) is 2. The maximum atomic E-state index is 10.2. The quantitative estimate of drug-likeness (QED) is 0.442. The lowest BCUT2D eigenvalue weighted by molar-refractivity contribution is -0.139. The normalized spacial score (nSPS) is 7.17. The molecular weight excluding hydrogens is 205 g/mol. The minimum atomic E-state index is -0.399. The van der Waals surface area contributed by atoms with Crippen molar-refractivity contribution in [3.05, 3.63) is 0 Å². The fourth-order valence-corrected chi connectivity index (χ4v) is 0.383. The number of carbonyl (C=O) groups excluding carboxylic acids is 1. The summed E-state index contributed by atoms with van der Waals surface area (Å²) in [5.41, 5.74) is 0. The van der Waals surface area contributed by atoms with Crippen molar-refractivity contribution in [1.82, 2.24) is 0 Å². The lowest BCUT2D eigenvalue weighted by Crippen LogP contribution is -2.13. The molecule has 6 heteroatoms. The summed E-state index contributed by atoms with van der Waals surface area (Å²) in [5.74, 6) is -0.415. The van der Waals surface area contributed by atoms with Gasteiger partial charge < -0.3 is 9.47 Å². The second-order valence-corrected chi connectivity index (χ2v) is 1.64. The molecule has 0 spiro atoms. The Kier molecular flexibility index (Phi) is 15.4. The van der Waals surface area contributed by atoms with E-state index in [9.17, 15) is 4.79 Å². The summed E-state index contributed by atoms with van der Waals surface area (Å²) in [6.45, 7) is 3.42. The van der Waals surface area contributed by atoms with Crippen molar-refractivity contribution in [3.8, 4) is 0 Å². The van der Waals surface area contributed by atoms with E-state index in [1.54, 1.807) is 6.92 Å². The molecule has 0 heterocycles. The Morgan fingerprint density at radius 1 is 1.33 bits per heavy atom. The molecule has 0 saturated heterocycles. The zero-order valence-electron chi connectivity index (χ0n) is 6.96. The Morgan fingerprint density at radius 3 is 2.17 bits per heavy atom. The van der Waals surface area contributed by atoms with E-state index in [1.807, 2.05) is 0 Å². The number of hydrogen-bond acceptors (Lipinski definition) is 4. The van der Waals surface area contributed by atoms with E-state index in [-0.39, 0.29) is 37.3 Å². The molecule has 12 heavy (non-hydrogen) atoms. The Hall–Kier alpha value is -0.480. The molecule has 0 aromatic carbocycles. The third-order valence-corrected chi connectivity index (χ3v) is 0.725. The van der Waals surface area contributed by atoms with E-state index in [2.05, 4.69) is 4.74 Å². The topological polar surface area (TPSA) is 59.4 Å². The highest BCUT2D eigenvalue weighted by molar-refractivity contribution is 5.85. The van der Waals surface area contributed by atoms with Gasteiger partial charge in [0.25, 0.3) is 0 Å². The molecule has 74 valence electrons. The van der Waals surface area contributed by atoms with Crippen LogP contribution in [0.2, 0.25) is 0 Å². The molecule has 0 aromatic heterocycles. The molecule has 0 aliphatic carbocycles. The Balaban J connectivity index is -0.000000405. The second kappa shape index (κ2) is 10.5. The summed E-state index contributed by atoms with van der Waals surface area (Å²) >= 11 is 0. The van der Waals surface area contributed by atoms with Crippen molar-refractivity contribution >= 4 is 36.7 Å².